The van der Waals surface area contributed by atoms with E-state index in [-0.39, 0.29) is 18.2 Å². The molecule has 0 radical (unpaired) electrons. The maximum Gasteiger partial charge on any atom is 0.262 e. The SMILES string of the molecule is CCOc1ccc(NC(=O)CNC(=O)/C(C#N)=C\c2cc(C)n(C(C)COC)c2C)cc1. The lowest BCUT2D eigenvalue weighted by Crippen LogP contribution is -2.33. The molecule has 1 aromatic carbocycles. The van der Waals surface area contributed by atoms with Gasteiger partial charge in [-0.05, 0) is 69.7 Å². The highest BCUT2D eigenvalue weighted by Crippen LogP contribution is 2.23. The van der Waals surface area contributed by atoms with E-state index in [0.717, 1.165) is 17.0 Å². The molecule has 8 nitrogen and oxygen atoms in total. The number of hydrogen-bond donors (Lipinski definition) is 2. The van der Waals surface area contributed by atoms with Gasteiger partial charge in [-0.2, -0.15) is 5.26 Å². The third-order valence-corrected chi connectivity index (χ3v) is 4.90. The Kier molecular flexibility index (Phi) is 9.05. The summed E-state index contributed by atoms with van der Waals surface area (Å²) in [4.78, 5) is 24.6. The number of hydrogen-bond acceptors (Lipinski definition) is 5. The van der Waals surface area contributed by atoms with E-state index in [0.29, 0.717) is 24.7 Å². The second-order valence-corrected chi connectivity index (χ2v) is 7.36. The van der Waals surface area contributed by atoms with Gasteiger partial charge in [0.1, 0.15) is 17.4 Å². The van der Waals surface area contributed by atoms with Gasteiger partial charge in [-0.25, -0.2) is 0 Å². The minimum Gasteiger partial charge on any atom is -0.494 e. The van der Waals surface area contributed by atoms with Crippen molar-refractivity contribution in [2.24, 2.45) is 0 Å². The summed E-state index contributed by atoms with van der Waals surface area (Å²) in [6.45, 7) is 8.68. The second kappa shape index (κ2) is 11.7. The molecule has 1 heterocycles. The van der Waals surface area contributed by atoms with E-state index >= 15 is 0 Å². The van der Waals surface area contributed by atoms with Crippen molar-refractivity contribution in [2.75, 3.05) is 32.2 Å². The predicted molar refractivity (Wildman–Crippen MR) is 123 cm³/mol. The van der Waals surface area contributed by atoms with Gasteiger partial charge in [0.05, 0.1) is 25.8 Å². The van der Waals surface area contributed by atoms with Crippen molar-refractivity contribution >= 4 is 23.6 Å². The first kappa shape index (κ1) is 24.7. The fraction of sp³-hybridized carbons (Fsp3) is 0.375. The molecular formula is C24H30N4O4. The number of aryl methyl sites for hydroxylation is 1. The molecule has 2 aromatic rings. The molecule has 0 fully saturated rings. The van der Waals surface area contributed by atoms with Crippen LogP contribution in [0.15, 0.2) is 35.9 Å². The van der Waals surface area contributed by atoms with Gasteiger partial charge in [0.2, 0.25) is 5.91 Å². The Labute approximate surface area is 188 Å². The highest BCUT2D eigenvalue weighted by molar-refractivity contribution is 6.04. The summed E-state index contributed by atoms with van der Waals surface area (Å²) in [7, 11) is 1.65. The van der Waals surface area contributed by atoms with Crippen LogP contribution in [-0.2, 0) is 14.3 Å². The van der Waals surface area contributed by atoms with Gasteiger partial charge in [0.15, 0.2) is 0 Å². The van der Waals surface area contributed by atoms with E-state index in [1.807, 2.05) is 39.8 Å². The Balaban J connectivity index is 2.02. The average molecular weight is 439 g/mol. The van der Waals surface area contributed by atoms with Crippen molar-refractivity contribution in [2.45, 2.75) is 33.7 Å². The van der Waals surface area contributed by atoms with Gasteiger partial charge in [0.25, 0.3) is 5.91 Å². The molecule has 0 saturated heterocycles. The molecule has 0 saturated carbocycles. The highest BCUT2D eigenvalue weighted by atomic mass is 16.5. The molecule has 0 aliphatic carbocycles. The Morgan fingerprint density at radius 3 is 2.53 bits per heavy atom. The molecule has 8 heteroatoms. The lowest BCUT2D eigenvalue weighted by molar-refractivity contribution is -0.121. The number of aromatic nitrogens is 1. The Morgan fingerprint density at radius 1 is 1.25 bits per heavy atom. The lowest BCUT2D eigenvalue weighted by Gasteiger charge is -2.17. The molecule has 0 aliphatic rings. The highest BCUT2D eigenvalue weighted by Gasteiger charge is 2.16. The molecule has 0 bridgehead atoms. The lowest BCUT2D eigenvalue weighted by atomic mass is 10.1. The summed E-state index contributed by atoms with van der Waals surface area (Å²) in [6, 6.07) is 10.9. The van der Waals surface area contributed by atoms with Gasteiger partial charge in [-0.3, -0.25) is 9.59 Å². The monoisotopic (exact) mass is 438 g/mol. The van der Waals surface area contributed by atoms with E-state index in [9.17, 15) is 14.9 Å². The van der Waals surface area contributed by atoms with Crippen LogP contribution < -0.4 is 15.4 Å². The van der Waals surface area contributed by atoms with Crippen molar-refractivity contribution in [1.82, 2.24) is 9.88 Å². The van der Waals surface area contributed by atoms with Crippen LogP contribution in [-0.4, -0.2) is 43.2 Å². The van der Waals surface area contributed by atoms with Crippen LogP contribution in [0.1, 0.15) is 36.8 Å². The third kappa shape index (κ3) is 6.46. The van der Waals surface area contributed by atoms with Crippen LogP contribution in [0.5, 0.6) is 5.75 Å². The summed E-state index contributed by atoms with van der Waals surface area (Å²) in [5.74, 6) is -0.297. The molecule has 170 valence electrons. The van der Waals surface area contributed by atoms with Crippen LogP contribution in [0.2, 0.25) is 0 Å². The van der Waals surface area contributed by atoms with Gasteiger partial charge in [-0.15, -0.1) is 0 Å². The third-order valence-electron chi connectivity index (χ3n) is 4.90. The zero-order valence-electron chi connectivity index (χ0n) is 19.2. The normalized spacial score (nSPS) is 12.1. The van der Waals surface area contributed by atoms with Crippen molar-refractivity contribution in [3.8, 4) is 11.8 Å². The number of nitriles is 1. The zero-order chi connectivity index (χ0) is 23.7. The van der Waals surface area contributed by atoms with E-state index in [1.54, 1.807) is 31.4 Å². The van der Waals surface area contributed by atoms with Crippen LogP contribution in [0, 0.1) is 25.2 Å². The van der Waals surface area contributed by atoms with Crippen molar-refractivity contribution in [1.29, 1.82) is 5.26 Å². The maximum atomic E-state index is 12.5. The van der Waals surface area contributed by atoms with Crippen molar-refractivity contribution in [3.63, 3.8) is 0 Å². The van der Waals surface area contributed by atoms with Crippen molar-refractivity contribution < 1.29 is 19.1 Å². The average Bonchev–Trinajstić information content (AvgIpc) is 3.04. The summed E-state index contributed by atoms with van der Waals surface area (Å²) >= 11 is 0. The van der Waals surface area contributed by atoms with Crippen LogP contribution >= 0.6 is 0 Å². The number of ether oxygens (including phenoxy) is 2. The zero-order valence-corrected chi connectivity index (χ0v) is 19.2. The van der Waals surface area contributed by atoms with Crippen LogP contribution in [0.25, 0.3) is 6.08 Å². The summed E-state index contributed by atoms with van der Waals surface area (Å²) in [5, 5.41) is 14.7. The Bertz CT molecular complexity index is 1020. The summed E-state index contributed by atoms with van der Waals surface area (Å²) < 4.78 is 12.7. The number of benzene rings is 1. The molecule has 1 aromatic heterocycles. The fourth-order valence-electron chi connectivity index (χ4n) is 3.51. The molecule has 32 heavy (non-hydrogen) atoms. The van der Waals surface area contributed by atoms with Crippen molar-refractivity contribution in [3.05, 3.63) is 52.9 Å². The molecular weight excluding hydrogens is 408 g/mol. The topological polar surface area (TPSA) is 105 Å². The second-order valence-electron chi connectivity index (χ2n) is 7.36. The first-order valence-corrected chi connectivity index (χ1v) is 10.4. The van der Waals surface area contributed by atoms with Gasteiger partial charge in [0, 0.05) is 24.2 Å². The number of rotatable bonds is 10. The van der Waals surface area contributed by atoms with E-state index in [4.69, 9.17) is 9.47 Å². The summed E-state index contributed by atoms with van der Waals surface area (Å²) in [5.41, 5.74) is 3.22. The van der Waals surface area contributed by atoms with E-state index < -0.39 is 11.8 Å². The van der Waals surface area contributed by atoms with Gasteiger partial charge in [-0.1, -0.05) is 0 Å². The molecule has 1 unspecified atom stereocenters. The molecule has 0 spiro atoms. The number of methoxy groups -OCH3 is 1. The predicted octanol–water partition coefficient (Wildman–Crippen LogP) is 3.37. The number of amides is 2. The molecule has 1 atom stereocenters. The summed E-state index contributed by atoms with van der Waals surface area (Å²) in [6.07, 6.45) is 1.54. The van der Waals surface area contributed by atoms with Gasteiger partial charge >= 0.3 is 0 Å². The number of carbonyl (C=O) groups is 2. The standard InChI is InChI=1S/C24H30N4O4/c1-6-32-22-9-7-21(8-10-22)27-23(29)14-26-24(30)20(13-25)12-19-11-16(2)28(18(19)4)17(3)15-31-5/h7-12,17H,6,14-15H2,1-5H3,(H,26,30)(H,27,29)/b20-12-. The number of anilines is 1. The molecule has 2 amide bonds. The van der Waals surface area contributed by atoms with E-state index in [2.05, 4.69) is 15.2 Å². The minimum atomic E-state index is -0.607. The number of carbonyl (C=O) groups excluding carboxylic acids is 2. The quantitative estimate of drug-likeness (QED) is 0.437. The number of nitrogens with one attached hydrogen (secondary N) is 2. The molecule has 0 aliphatic heterocycles. The van der Waals surface area contributed by atoms with E-state index in [1.165, 1.54) is 6.08 Å². The molecule has 2 N–H and O–H groups in total. The molecule has 2 rings (SSSR count). The minimum absolute atomic E-state index is 0.0708. The van der Waals surface area contributed by atoms with Gasteiger partial charge < -0.3 is 24.7 Å². The van der Waals surface area contributed by atoms with Crippen LogP contribution in [0.4, 0.5) is 5.69 Å². The Morgan fingerprint density at radius 2 is 1.94 bits per heavy atom. The first-order chi connectivity index (χ1) is 15.3. The number of nitrogens with zero attached hydrogens (tertiary/aromatic N) is 2. The maximum absolute atomic E-state index is 12.5. The smallest absolute Gasteiger partial charge is 0.262 e. The Hall–Kier alpha value is -3.57. The first-order valence-electron chi connectivity index (χ1n) is 10.4. The van der Waals surface area contributed by atoms with Crippen LogP contribution in [0.3, 0.4) is 0 Å². The fourth-order valence-corrected chi connectivity index (χ4v) is 3.51. The largest absolute Gasteiger partial charge is 0.494 e.